The number of esters is 2. The van der Waals surface area contributed by atoms with Crippen LogP contribution in [0.2, 0.25) is 18.1 Å². The molecule has 0 aliphatic carbocycles. The number of carbonyl (C=O) groups is 2. The third-order valence-corrected chi connectivity index (χ3v) is 13.8. The lowest BCUT2D eigenvalue weighted by molar-refractivity contribution is -0.226. The van der Waals surface area contributed by atoms with Crippen LogP contribution in [0.15, 0.2) is 60.7 Å². The van der Waals surface area contributed by atoms with Gasteiger partial charge in [-0.05, 0) is 29.3 Å². The second-order valence-electron chi connectivity index (χ2n) is 12.9. The molecular formula is C31H40O10Si. The molecule has 11 heteroatoms. The summed E-state index contributed by atoms with van der Waals surface area (Å²) in [7, 11) is -1.89. The minimum Gasteiger partial charge on any atom is -0.467 e. The number of aliphatic hydroxyl groups excluding tert-OH is 1. The molecule has 3 aliphatic rings. The molecule has 3 heterocycles. The van der Waals surface area contributed by atoms with Crippen LogP contribution in [0.5, 0.6) is 0 Å². The summed E-state index contributed by atoms with van der Waals surface area (Å²) in [5.74, 6) is -2.22. The van der Waals surface area contributed by atoms with Gasteiger partial charge in [0.15, 0.2) is 25.6 Å². The lowest BCUT2D eigenvalue weighted by Crippen LogP contribution is -2.82. The number of aliphatic hydroxyl groups is 2. The maximum absolute atomic E-state index is 14.1. The fourth-order valence-electron chi connectivity index (χ4n) is 6.21. The molecular weight excluding hydrogens is 560 g/mol. The molecule has 0 unspecified atom stereocenters. The normalized spacial score (nSPS) is 33.6. The minimum absolute atomic E-state index is 0.103. The van der Waals surface area contributed by atoms with Gasteiger partial charge in [-0.3, -0.25) is 0 Å². The van der Waals surface area contributed by atoms with Crippen molar-refractivity contribution in [1.29, 1.82) is 0 Å². The molecule has 3 fully saturated rings. The molecule has 0 amide bonds. The summed E-state index contributed by atoms with van der Waals surface area (Å²) in [6.07, 6.45) is -2.98. The van der Waals surface area contributed by atoms with Crippen LogP contribution in [0, 0.1) is 0 Å². The minimum atomic E-state index is -3.03. The van der Waals surface area contributed by atoms with Gasteiger partial charge in [-0.1, -0.05) is 81.4 Å². The molecule has 2 N–H and O–H groups in total. The molecule has 0 saturated carbocycles. The third kappa shape index (κ3) is 4.13. The zero-order valence-corrected chi connectivity index (χ0v) is 25.9. The number of methoxy groups -OCH3 is 1. The van der Waals surface area contributed by atoms with Crippen molar-refractivity contribution in [2.75, 3.05) is 20.3 Å². The second-order valence-corrected chi connectivity index (χ2v) is 17.6. The molecule has 10 nitrogen and oxygen atoms in total. The Kier molecular flexibility index (Phi) is 7.71. The first-order chi connectivity index (χ1) is 19.7. The van der Waals surface area contributed by atoms with Crippen molar-refractivity contribution >= 4 is 20.3 Å². The Bertz CT molecular complexity index is 1310. The van der Waals surface area contributed by atoms with Crippen LogP contribution in [0.3, 0.4) is 0 Å². The molecule has 5 rings (SSSR count). The predicted molar refractivity (Wildman–Crippen MR) is 153 cm³/mol. The van der Waals surface area contributed by atoms with Crippen molar-refractivity contribution in [3.8, 4) is 0 Å². The molecule has 2 bridgehead atoms. The quantitative estimate of drug-likeness (QED) is 0.293. The monoisotopic (exact) mass is 600 g/mol. The van der Waals surface area contributed by atoms with E-state index in [9.17, 15) is 19.8 Å². The average molecular weight is 601 g/mol. The number of benzene rings is 2. The molecule has 6 atom stereocenters. The largest absolute Gasteiger partial charge is 0.467 e. The second kappa shape index (κ2) is 10.5. The number of rotatable bonds is 11. The van der Waals surface area contributed by atoms with Gasteiger partial charge in [0.05, 0.1) is 33.5 Å². The van der Waals surface area contributed by atoms with E-state index in [4.69, 9.17) is 28.1 Å². The number of ether oxygens (including phenoxy) is 5. The van der Waals surface area contributed by atoms with Crippen LogP contribution in [0.1, 0.15) is 31.9 Å². The molecule has 228 valence electrons. The van der Waals surface area contributed by atoms with Gasteiger partial charge >= 0.3 is 11.9 Å². The van der Waals surface area contributed by atoms with Gasteiger partial charge in [-0.25, -0.2) is 9.59 Å². The highest BCUT2D eigenvalue weighted by Gasteiger charge is 2.99. The zero-order valence-electron chi connectivity index (χ0n) is 24.9. The Labute approximate surface area is 247 Å². The Morgan fingerprint density at radius 2 is 1.43 bits per heavy atom. The highest BCUT2D eigenvalue weighted by Crippen LogP contribution is 2.69. The van der Waals surface area contributed by atoms with Gasteiger partial charge in [0.1, 0.15) is 6.10 Å². The third-order valence-electron chi connectivity index (χ3n) is 9.38. The van der Waals surface area contributed by atoms with E-state index in [1.165, 1.54) is 0 Å². The summed E-state index contributed by atoms with van der Waals surface area (Å²) in [6, 6.07) is 18.6. The van der Waals surface area contributed by atoms with Crippen molar-refractivity contribution in [2.45, 2.75) is 86.7 Å². The molecule has 0 radical (unpaired) electrons. The highest BCUT2D eigenvalue weighted by molar-refractivity contribution is 6.74. The average Bonchev–Trinajstić information content (AvgIpc) is 3.39. The van der Waals surface area contributed by atoms with Crippen LogP contribution < -0.4 is 0 Å². The Morgan fingerprint density at radius 1 is 0.929 bits per heavy atom. The predicted octanol–water partition coefficient (Wildman–Crippen LogP) is 2.89. The van der Waals surface area contributed by atoms with Gasteiger partial charge < -0.3 is 38.3 Å². The van der Waals surface area contributed by atoms with E-state index in [1.54, 1.807) is 0 Å². The van der Waals surface area contributed by atoms with Gasteiger partial charge in [0.2, 0.25) is 11.2 Å². The number of hydrogen-bond acceptors (Lipinski definition) is 10. The van der Waals surface area contributed by atoms with Gasteiger partial charge in [0, 0.05) is 0 Å². The number of hydrogen-bond donors (Lipinski definition) is 2. The molecule has 2 aromatic carbocycles. The van der Waals surface area contributed by atoms with E-state index in [2.05, 4.69) is 0 Å². The maximum Gasteiger partial charge on any atom is 0.345 e. The van der Waals surface area contributed by atoms with E-state index in [0.717, 1.165) is 18.2 Å². The van der Waals surface area contributed by atoms with Crippen molar-refractivity contribution in [3.63, 3.8) is 0 Å². The summed E-state index contributed by atoms with van der Waals surface area (Å²) in [6.45, 7) is 9.01. The molecule has 3 saturated heterocycles. The van der Waals surface area contributed by atoms with Crippen molar-refractivity contribution in [1.82, 2.24) is 0 Å². The first-order valence-electron chi connectivity index (χ1n) is 14.1. The van der Waals surface area contributed by atoms with E-state index in [0.29, 0.717) is 0 Å². The summed E-state index contributed by atoms with van der Waals surface area (Å²) < 4.78 is 36.4. The fraction of sp³-hybridized carbons (Fsp3) is 0.548. The number of carbonyl (C=O) groups excluding carboxylic acids is 2. The van der Waals surface area contributed by atoms with E-state index in [-0.39, 0.29) is 19.8 Å². The summed E-state index contributed by atoms with van der Waals surface area (Å²) in [5.41, 5.74) is -7.66. The lowest BCUT2D eigenvalue weighted by Gasteiger charge is -2.53. The fourth-order valence-corrected chi connectivity index (χ4v) is 7.68. The van der Waals surface area contributed by atoms with Crippen LogP contribution in [0.25, 0.3) is 0 Å². The van der Waals surface area contributed by atoms with E-state index >= 15 is 0 Å². The van der Waals surface area contributed by atoms with Crippen LogP contribution >= 0.6 is 0 Å². The summed E-state index contributed by atoms with van der Waals surface area (Å²) >= 11 is 0. The lowest BCUT2D eigenvalue weighted by atomic mass is 9.59. The van der Waals surface area contributed by atoms with Crippen LogP contribution in [-0.4, -0.2) is 85.4 Å². The van der Waals surface area contributed by atoms with Gasteiger partial charge in [-0.15, -0.1) is 0 Å². The van der Waals surface area contributed by atoms with Crippen molar-refractivity contribution in [3.05, 3.63) is 71.8 Å². The van der Waals surface area contributed by atoms with Crippen LogP contribution in [-0.2, 0) is 50.9 Å². The van der Waals surface area contributed by atoms with Crippen molar-refractivity contribution in [2.24, 2.45) is 0 Å². The van der Waals surface area contributed by atoms with Crippen LogP contribution in [0.4, 0.5) is 0 Å². The summed E-state index contributed by atoms with van der Waals surface area (Å²) in [4.78, 5) is 27.9. The van der Waals surface area contributed by atoms with E-state index < -0.39 is 66.5 Å². The molecule has 42 heavy (non-hydrogen) atoms. The smallest absolute Gasteiger partial charge is 0.345 e. The maximum atomic E-state index is 14.1. The topological polar surface area (TPSA) is 130 Å². The number of fused-ring (bicyclic) bond motifs is 1. The Morgan fingerprint density at radius 3 is 1.90 bits per heavy atom. The highest BCUT2D eigenvalue weighted by atomic mass is 28.4. The van der Waals surface area contributed by atoms with Gasteiger partial charge in [0.25, 0.3) is 0 Å². The molecule has 0 aromatic heterocycles. The molecule has 0 spiro atoms. The van der Waals surface area contributed by atoms with E-state index in [1.807, 2.05) is 94.5 Å². The standard InChI is InChI=1S/C31H40O10Si/c1-27(2,3)42(5,6)41-31(26(34)36-4)28(19-37-17-21-13-9-7-10-14-21)23(32)24-29(40-28,30(31,35)25(33)39-24)20-38-18-22-15-11-8-12-16-22/h7-16,23-24,32,35H,17-20H2,1-6H3/t23-,24-,28-,29+,30+,31-/m1/s1. The van der Waals surface area contributed by atoms with Gasteiger partial charge in [-0.2, -0.15) is 0 Å². The first kappa shape index (κ1) is 30.8. The SMILES string of the molecule is COC(=O)[C@]1(O[Si](C)(C)C(C)(C)C)[C@]2(O)C(=O)O[C@@H]3[C@@H](O)[C@@]1(COCc1ccccc1)O[C@@]32COCc1ccccc1. The molecule has 2 aromatic rings. The first-order valence-corrected chi connectivity index (χ1v) is 17.0. The summed E-state index contributed by atoms with van der Waals surface area (Å²) in [5, 5.41) is 24.1. The Balaban J connectivity index is 1.63. The van der Waals surface area contributed by atoms with Crippen molar-refractivity contribution < 1.29 is 47.9 Å². The Hall–Kier alpha value is -2.64. The molecule has 3 aliphatic heterocycles. The zero-order chi connectivity index (χ0) is 30.6.